The van der Waals surface area contributed by atoms with E-state index < -0.39 is 0 Å². The zero-order valence-corrected chi connectivity index (χ0v) is 11.2. The fourth-order valence-electron chi connectivity index (χ4n) is 2.27. The van der Waals surface area contributed by atoms with E-state index in [-0.39, 0.29) is 5.41 Å². The molecule has 1 rings (SSSR count). The van der Waals surface area contributed by atoms with Crippen LogP contribution in [0.5, 0.6) is 11.5 Å². The van der Waals surface area contributed by atoms with E-state index >= 15 is 0 Å². The first-order valence-corrected chi connectivity index (χ1v) is 6.10. The molecular weight excluding hydrogens is 214 g/mol. The van der Waals surface area contributed by atoms with Crippen molar-refractivity contribution >= 4 is 0 Å². The van der Waals surface area contributed by atoms with Gasteiger partial charge in [0.2, 0.25) is 0 Å². The maximum absolute atomic E-state index is 5.97. The smallest absolute Gasteiger partial charge is 0.126 e. The monoisotopic (exact) mass is 237 g/mol. The second-order valence-electron chi connectivity index (χ2n) is 4.26. The van der Waals surface area contributed by atoms with Crippen LogP contribution >= 0.6 is 0 Å². The number of methoxy groups -OCH3 is 2. The second kappa shape index (κ2) is 5.92. The molecule has 3 heteroatoms. The van der Waals surface area contributed by atoms with Crippen molar-refractivity contribution in [3.05, 3.63) is 23.8 Å². The largest absolute Gasteiger partial charge is 0.497 e. The molecule has 0 aliphatic carbocycles. The van der Waals surface area contributed by atoms with Gasteiger partial charge in [0.05, 0.1) is 14.2 Å². The summed E-state index contributed by atoms with van der Waals surface area (Å²) in [7, 11) is 3.34. The minimum Gasteiger partial charge on any atom is -0.497 e. The van der Waals surface area contributed by atoms with Gasteiger partial charge in [0.15, 0.2) is 0 Å². The van der Waals surface area contributed by atoms with Crippen LogP contribution in [0.15, 0.2) is 18.2 Å². The average molecular weight is 237 g/mol. The summed E-state index contributed by atoms with van der Waals surface area (Å²) in [5.41, 5.74) is 7.14. The molecular formula is C14H23NO2. The van der Waals surface area contributed by atoms with E-state index in [1.807, 2.05) is 12.1 Å². The lowest BCUT2D eigenvalue weighted by atomic mass is 9.75. The Morgan fingerprint density at radius 1 is 1.12 bits per heavy atom. The summed E-state index contributed by atoms with van der Waals surface area (Å²) in [5.74, 6) is 1.67. The topological polar surface area (TPSA) is 44.5 Å². The first-order chi connectivity index (χ1) is 8.17. The van der Waals surface area contributed by atoms with Gasteiger partial charge < -0.3 is 15.2 Å². The number of rotatable bonds is 6. The quantitative estimate of drug-likeness (QED) is 0.827. The molecule has 0 bridgehead atoms. The molecule has 0 saturated carbocycles. The number of hydrogen-bond acceptors (Lipinski definition) is 3. The van der Waals surface area contributed by atoms with Crippen LogP contribution in [-0.2, 0) is 5.41 Å². The normalized spacial score (nSPS) is 11.4. The van der Waals surface area contributed by atoms with Gasteiger partial charge in [-0.15, -0.1) is 0 Å². The lowest BCUT2D eigenvalue weighted by molar-refractivity contribution is 0.354. The average Bonchev–Trinajstić information content (AvgIpc) is 2.41. The van der Waals surface area contributed by atoms with Gasteiger partial charge in [0, 0.05) is 23.6 Å². The summed E-state index contributed by atoms with van der Waals surface area (Å²) in [4.78, 5) is 0. The number of ether oxygens (including phenoxy) is 2. The Bertz CT molecular complexity index is 351. The molecule has 0 aromatic heterocycles. The molecule has 0 aliphatic heterocycles. The summed E-state index contributed by atoms with van der Waals surface area (Å²) in [6.07, 6.45) is 2.01. The molecule has 1 aromatic rings. The minimum atomic E-state index is -0.00237. The molecule has 0 unspecified atom stereocenters. The molecule has 0 spiro atoms. The van der Waals surface area contributed by atoms with Crippen LogP contribution in [0.4, 0.5) is 0 Å². The summed E-state index contributed by atoms with van der Waals surface area (Å²) in [6, 6.07) is 5.95. The molecule has 0 heterocycles. The minimum absolute atomic E-state index is 0.00237. The molecule has 0 aliphatic rings. The Kier molecular flexibility index (Phi) is 4.82. The van der Waals surface area contributed by atoms with E-state index in [2.05, 4.69) is 19.9 Å². The highest BCUT2D eigenvalue weighted by atomic mass is 16.5. The first-order valence-electron chi connectivity index (χ1n) is 6.10. The van der Waals surface area contributed by atoms with E-state index in [1.165, 1.54) is 5.56 Å². The van der Waals surface area contributed by atoms with Gasteiger partial charge >= 0.3 is 0 Å². The van der Waals surface area contributed by atoms with Gasteiger partial charge in [-0.25, -0.2) is 0 Å². The van der Waals surface area contributed by atoms with Gasteiger partial charge in [0.1, 0.15) is 11.5 Å². The summed E-state index contributed by atoms with van der Waals surface area (Å²) in [6.45, 7) is 4.96. The molecule has 96 valence electrons. The van der Waals surface area contributed by atoms with Gasteiger partial charge in [-0.1, -0.05) is 19.9 Å². The maximum Gasteiger partial charge on any atom is 0.126 e. The predicted octanol–water partition coefficient (Wildman–Crippen LogP) is 2.72. The SMILES string of the molecule is CCC(CC)(CN)c1ccc(OC)cc1OC. The van der Waals surface area contributed by atoms with Crippen molar-refractivity contribution in [1.29, 1.82) is 0 Å². The first kappa shape index (κ1) is 13.8. The van der Waals surface area contributed by atoms with E-state index in [0.717, 1.165) is 24.3 Å². The van der Waals surface area contributed by atoms with Crippen LogP contribution in [0.1, 0.15) is 32.3 Å². The van der Waals surface area contributed by atoms with Crippen LogP contribution in [0.3, 0.4) is 0 Å². The Morgan fingerprint density at radius 2 is 1.76 bits per heavy atom. The van der Waals surface area contributed by atoms with Crippen LogP contribution in [-0.4, -0.2) is 20.8 Å². The predicted molar refractivity (Wildman–Crippen MR) is 70.9 cm³/mol. The lowest BCUT2D eigenvalue weighted by Gasteiger charge is -2.32. The van der Waals surface area contributed by atoms with Crippen molar-refractivity contribution in [2.45, 2.75) is 32.1 Å². The number of benzene rings is 1. The van der Waals surface area contributed by atoms with Crippen molar-refractivity contribution in [2.24, 2.45) is 5.73 Å². The molecule has 2 N–H and O–H groups in total. The van der Waals surface area contributed by atoms with Crippen LogP contribution in [0, 0.1) is 0 Å². The Balaban J connectivity index is 3.28. The van der Waals surface area contributed by atoms with Crippen molar-refractivity contribution in [3.8, 4) is 11.5 Å². The highest BCUT2D eigenvalue weighted by molar-refractivity contribution is 5.45. The van der Waals surface area contributed by atoms with Gasteiger partial charge in [-0.05, 0) is 18.9 Å². The molecule has 0 atom stereocenters. The maximum atomic E-state index is 5.97. The molecule has 1 aromatic carbocycles. The summed E-state index contributed by atoms with van der Waals surface area (Å²) in [5, 5.41) is 0. The van der Waals surface area contributed by atoms with E-state index in [1.54, 1.807) is 14.2 Å². The van der Waals surface area contributed by atoms with Crippen molar-refractivity contribution < 1.29 is 9.47 Å². The van der Waals surface area contributed by atoms with Crippen molar-refractivity contribution in [1.82, 2.24) is 0 Å². The van der Waals surface area contributed by atoms with Gasteiger partial charge in [-0.2, -0.15) is 0 Å². The van der Waals surface area contributed by atoms with Crippen molar-refractivity contribution in [2.75, 3.05) is 20.8 Å². The second-order valence-corrected chi connectivity index (χ2v) is 4.26. The Morgan fingerprint density at radius 3 is 2.18 bits per heavy atom. The highest BCUT2D eigenvalue weighted by Crippen LogP contribution is 2.38. The van der Waals surface area contributed by atoms with Crippen LogP contribution in [0.25, 0.3) is 0 Å². The molecule has 0 fully saturated rings. The number of nitrogens with two attached hydrogens (primary N) is 1. The number of hydrogen-bond donors (Lipinski definition) is 1. The van der Waals surface area contributed by atoms with Crippen LogP contribution in [0.2, 0.25) is 0 Å². The molecule has 17 heavy (non-hydrogen) atoms. The van der Waals surface area contributed by atoms with E-state index in [0.29, 0.717) is 6.54 Å². The third kappa shape index (κ3) is 2.55. The molecule has 0 amide bonds. The standard InChI is InChI=1S/C14H23NO2/c1-5-14(6-2,10-15)12-8-7-11(16-3)9-13(12)17-4/h7-9H,5-6,10,15H2,1-4H3. The zero-order chi connectivity index (χ0) is 12.9. The fraction of sp³-hybridized carbons (Fsp3) is 0.571. The third-order valence-electron chi connectivity index (χ3n) is 3.72. The van der Waals surface area contributed by atoms with E-state index in [4.69, 9.17) is 15.2 Å². The molecule has 0 saturated heterocycles. The Labute approximate surface area is 104 Å². The summed E-state index contributed by atoms with van der Waals surface area (Å²) < 4.78 is 10.7. The molecule has 0 radical (unpaired) electrons. The van der Waals surface area contributed by atoms with Crippen LogP contribution < -0.4 is 15.2 Å². The van der Waals surface area contributed by atoms with E-state index in [9.17, 15) is 0 Å². The lowest BCUT2D eigenvalue weighted by Crippen LogP contribution is -2.34. The van der Waals surface area contributed by atoms with Gasteiger partial charge in [-0.3, -0.25) is 0 Å². The van der Waals surface area contributed by atoms with Gasteiger partial charge in [0.25, 0.3) is 0 Å². The summed E-state index contributed by atoms with van der Waals surface area (Å²) >= 11 is 0. The fourth-order valence-corrected chi connectivity index (χ4v) is 2.27. The zero-order valence-electron chi connectivity index (χ0n) is 11.2. The third-order valence-corrected chi connectivity index (χ3v) is 3.72. The highest BCUT2D eigenvalue weighted by Gasteiger charge is 2.30. The van der Waals surface area contributed by atoms with Crippen molar-refractivity contribution in [3.63, 3.8) is 0 Å². The molecule has 3 nitrogen and oxygen atoms in total. The Hall–Kier alpha value is -1.22.